The van der Waals surface area contributed by atoms with Crippen molar-refractivity contribution in [2.24, 2.45) is 5.73 Å². The van der Waals surface area contributed by atoms with Crippen LogP contribution >= 0.6 is 0 Å². The van der Waals surface area contributed by atoms with Crippen molar-refractivity contribution in [1.29, 1.82) is 0 Å². The SMILES string of the molecule is CS(=O)(=O)Nc1ccc2c(c1)C(=O)CC1(CCN(C3CCc4cc(C(N)=O)ccc4C3)CC1)O2. The minimum Gasteiger partial charge on any atom is -0.486 e. The van der Waals surface area contributed by atoms with E-state index in [0.29, 0.717) is 35.0 Å². The number of hydrogen-bond donors (Lipinski definition) is 2. The Labute approximate surface area is 199 Å². The molecule has 2 aliphatic heterocycles. The van der Waals surface area contributed by atoms with Crippen LogP contribution in [0.2, 0.25) is 0 Å². The maximum atomic E-state index is 13.0. The molecule has 1 spiro atoms. The van der Waals surface area contributed by atoms with E-state index in [1.54, 1.807) is 18.2 Å². The van der Waals surface area contributed by atoms with E-state index in [9.17, 15) is 18.0 Å². The molecule has 1 fully saturated rings. The predicted molar refractivity (Wildman–Crippen MR) is 129 cm³/mol. The Balaban J connectivity index is 1.25. The molecule has 1 saturated heterocycles. The van der Waals surface area contributed by atoms with Crippen LogP contribution in [0.15, 0.2) is 36.4 Å². The van der Waals surface area contributed by atoms with E-state index in [-0.39, 0.29) is 5.78 Å². The van der Waals surface area contributed by atoms with E-state index >= 15 is 0 Å². The molecule has 1 unspecified atom stereocenters. The van der Waals surface area contributed by atoms with Crippen molar-refractivity contribution >= 4 is 27.4 Å². The Kier molecular flexibility index (Phi) is 5.64. The van der Waals surface area contributed by atoms with Crippen LogP contribution in [0.3, 0.4) is 0 Å². The Bertz CT molecular complexity index is 1270. The quantitative estimate of drug-likeness (QED) is 0.690. The number of anilines is 1. The predicted octanol–water partition coefficient (Wildman–Crippen LogP) is 2.51. The van der Waals surface area contributed by atoms with Crippen LogP contribution in [0, 0.1) is 0 Å². The number of ether oxygens (including phenoxy) is 1. The zero-order valence-corrected chi connectivity index (χ0v) is 20.0. The molecule has 3 aliphatic rings. The molecule has 180 valence electrons. The number of nitrogens with two attached hydrogens (primary N) is 1. The summed E-state index contributed by atoms with van der Waals surface area (Å²) in [5.41, 5.74) is 8.77. The van der Waals surface area contributed by atoms with Crippen LogP contribution in [-0.2, 0) is 22.9 Å². The Morgan fingerprint density at radius 3 is 2.62 bits per heavy atom. The molecule has 2 aromatic carbocycles. The maximum absolute atomic E-state index is 13.0. The summed E-state index contributed by atoms with van der Waals surface area (Å²) in [6.07, 6.45) is 5.82. The fraction of sp³-hybridized carbons (Fsp3) is 0.440. The van der Waals surface area contributed by atoms with Gasteiger partial charge < -0.3 is 10.5 Å². The third kappa shape index (κ3) is 4.54. The molecular weight excluding hydrogens is 454 g/mol. The largest absolute Gasteiger partial charge is 0.486 e. The monoisotopic (exact) mass is 483 g/mol. The zero-order chi connectivity index (χ0) is 24.1. The summed E-state index contributed by atoms with van der Waals surface area (Å²) in [6, 6.07) is 11.1. The highest BCUT2D eigenvalue weighted by Gasteiger charge is 2.44. The number of sulfonamides is 1. The lowest BCUT2D eigenvalue weighted by molar-refractivity contribution is -0.0200. The standard InChI is InChI=1S/C25H29N3O5S/c1-34(31,32)27-19-5-7-23-21(14-19)22(29)15-25(33-23)8-10-28(11-9-25)20-6-4-16-12-18(24(26)30)3-2-17(16)13-20/h2-3,5,7,12,14,20,27H,4,6,8-11,13,15H2,1H3,(H2,26,30). The van der Waals surface area contributed by atoms with Crippen LogP contribution in [-0.4, -0.2) is 56.0 Å². The van der Waals surface area contributed by atoms with Gasteiger partial charge >= 0.3 is 0 Å². The highest BCUT2D eigenvalue weighted by atomic mass is 32.2. The number of piperidine rings is 1. The van der Waals surface area contributed by atoms with Gasteiger partial charge in [-0.3, -0.25) is 19.2 Å². The Morgan fingerprint density at radius 1 is 1.15 bits per heavy atom. The van der Waals surface area contributed by atoms with Gasteiger partial charge in [0.25, 0.3) is 0 Å². The van der Waals surface area contributed by atoms with Crippen LogP contribution in [0.5, 0.6) is 5.75 Å². The van der Waals surface area contributed by atoms with Gasteiger partial charge in [-0.15, -0.1) is 0 Å². The van der Waals surface area contributed by atoms with Gasteiger partial charge in [0.2, 0.25) is 15.9 Å². The summed E-state index contributed by atoms with van der Waals surface area (Å²) in [7, 11) is -3.42. The first kappa shape index (κ1) is 22.9. The number of fused-ring (bicyclic) bond motifs is 2. The number of benzene rings is 2. The summed E-state index contributed by atoms with van der Waals surface area (Å²) in [5, 5.41) is 0. The minimum absolute atomic E-state index is 0.0105. The molecule has 3 N–H and O–H groups in total. The third-order valence-electron chi connectivity index (χ3n) is 7.31. The number of likely N-dealkylation sites (tertiary alicyclic amines) is 1. The van der Waals surface area contributed by atoms with E-state index in [1.807, 2.05) is 18.2 Å². The fourth-order valence-electron chi connectivity index (χ4n) is 5.55. The number of ketones is 1. The first-order valence-electron chi connectivity index (χ1n) is 11.6. The molecule has 1 aliphatic carbocycles. The van der Waals surface area contributed by atoms with Crippen molar-refractivity contribution in [2.75, 3.05) is 24.1 Å². The molecule has 1 amide bonds. The van der Waals surface area contributed by atoms with Gasteiger partial charge in [0.05, 0.1) is 18.2 Å². The van der Waals surface area contributed by atoms with Crippen molar-refractivity contribution in [1.82, 2.24) is 4.90 Å². The second-order valence-electron chi connectivity index (χ2n) is 9.75. The van der Waals surface area contributed by atoms with Crippen molar-refractivity contribution < 1.29 is 22.7 Å². The summed E-state index contributed by atoms with van der Waals surface area (Å²) in [5.74, 6) is 0.127. The average Bonchev–Trinajstić information content (AvgIpc) is 2.78. The van der Waals surface area contributed by atoms with Crippen LogP contribution in [0.25, 0.3) is 0 Å². The minimum atomic E-state index is -3.42. The van der Waals surface area contributed by atoms with Crippen molar-refractivity contribution in [3.63, 3.8) is 0 Å². The maximum Gasteiger partial charge on any atom is 0.248 e. The number of nitrogens with zero attached hydrogens (tertiary/aromatic N) is 1. The van der Waals surface area contributed by atoms with Gasteiger partial charge in [-0.2, -0.15) is 0 Å². The Hall–Kier alpha value is -2.91. The third-order valence-corrected chi connectivity index (χ3v) is 7.92. The molecule has 0 saturated carbocycles. The first-order chi connectivity index (χ1) is 16.1. The summed E-state index contributed by atoms with van der Waals surface area (Å²) < 4.78 is 31.8. The number of carbonyl (C=O) groups is 2. The number of carbonyl (C=O) groups excluding carboxylic acids is 2. The van der Waals surface area contributed by atoms with Crippen LogP contribution in [0.1, 0.15) is 57.5 Å². The molecular formula is C25H29N3O5S. The van der Waals surface area contributed by atoms with Crippen molar-refractivity contribution in [3.05, 3.63) is 58.7 Å². The zero-order valence-electron chi connectivity index (χ0n) is 19.2. The average molecular weight is 484 g/mol. The number of primary amides is 1. The molecule has 2 heterocycles. The summed E-state index contributed by atoms with van der Waals surface area (Å²) in [4.78, 5) is 26.9. The van der Waals surface area contributed by atoms with E-state index in [0.717, 1.165) is 51.4 Å². The fourth-order valence-corrected chi connectivity index (χ4v) is 6.10. The molecule has 0 bridgehead atoms. The number of Topliss-reactive ketones (excluding diaryl/α,β-unsaturated/α-hetero) is 1. The molecule has 8 nitrogen and oxygen atoms in total. The highest BCUT2D eigenvalue weighted by Crippen LogP contribution is 2.41. The number of rotatable bonds is 4. The van der Waals surface area contributed by atoms with Crippen molar-refractivity contribution in [3.8, 4) is 5.75 Å². The lowest BCUT2D eigenvalue weighted by Crippen LogP contribution is -2.54. The molecule has 9 heteroatoms. The van der Waals surface area contributed by atoms with E-state index < -0.39 is 21.5 Å². The lowest BCUT2D eigenvalue weighted by atomic mass is 9.80. The second kappa shape index (κ2) is 8.39. The number of hydrogen-bond acceptors (Lipinski definition) is 6. The highest BCUT2D eigenvalue weighted by molar-refractivity contribution is 7.92. The van der Waals surface area contributed by atoms with Crippen LogP contribution < -0.4 is 15.2 Å². The van der Waals surface area contributed by atoms with E-state index in [1.165, 1.54) is 11.1 Å². The molecule has 5 rings (SSSR count). The topological polar surface area (TPSA) is 119 Å². The summed E-state index contributed by atoms with van der Waals surface area (Å²) >= 11 is 0. The van der Waals surface area contributed by atoms with Gasteiger partial charge in [0, 0.05) is 43.2 Å². The van der Waals surface area contributed by atoms with Gasteiger partial charge in [-0.05, 0) is 60.7 Å². The smallest absolute Gasteiger partial charge is 0.248 e. The van der Waals surface area contributed by atoms with E-state index in [2.05, 4.69) is 9.62 Å². The summed E-state index contributed by atoms with van der Waals surface area (Å²) in [6.45, 7) is 1.71. The van der Waals surface area contributed by atoms with Gasteiger partial charge in [-0.1, -0.05) is 6.07 Å². The normalized spacial score (nSPS) is 21.9. The molecule has 0 radical (unpaired) electrons. The van der Waals surface area contributed by atoms with E-state index in [4.69, 9.17) is 10.5 Å². The second-order valence-corrected chi connectivity index (χ2v) is 11.5. The molecule has 2 aromatic rings. The van der Waals surface area contributed by atoms with Crippen LogP contribution in [0.4, 0.5) is 5.69 Å². The molecule has 34 heavy (non-hydrogen) atoms. The van der Waals surface area contributed by atoms with Gasteiger partial charge in [-0.25, -0.2) is 8.42 Å². The number of aryl methyl sites for hydroxylation is 1. The van der Waals surface area contributed by atoms with Crippen molar-refractivity contribution in [2.45, 2.75) is 50.2 Å². The number of amides is 1. The Morgan fingerprint density at radius 2 is 1.91 bits per heavy atom. The lowest BCUT2D eigenvalue weighted by Gasteiger charge is -2.46. The van der Waals surface area contributed by atoms with Gasteiger partial charge in [0.1, 0.15) is 11.4 Å². The first-order valence-corrected chi connectivity index (χ1v) is 13.5. The molecule has 0 aromatic heterocycles. The van der Waals surface area contributed by atoms with Gasteiger partial charge in [0.15, 0.2) is 5.78 Å². The molecule has 1 atom stereocenters. The number of nitrogens with one attached hydrogen (secondary N) is 1.